The first-order valence-electron chi connectivity index (χ1n) is 11.5. The molecule has 0 unspecified atom stereocenters. The van der Waals surface area contributed by atoms with Crippen LogP contribution >= 0.6 is 11.3 Å². The van der Waals surface area contributed by atoms with Crippen LogP contribution in [0, 0.1) is 0 Å². The fourth-order valence-electron chi connectivity index (χ4n) is 4.50. The Labute approximate surface area is 199 Å². The molecule has 2 aromatic heterocycles. The van der Waals surface area contributed by atoms with E-state index in [1.807, 2.05) is 0 Å². The number of sulfonamides is 1. The molecule has 0 radical (unpaired) electrons. The Bertz CT molecular complexity index is 1210. The molecule has 0 saturated carbocycles. The van der Waals surface area contributed by atoms with Crippen molar-refractivity contribution in [3.05, 3.63) is 36.7 Å². The van der Waals surface area contributed by atoms with E-state index in [-0.39, 0.29) is 5.75 Å². The number of rotatable bonds is 5. The highest BCUT2D eigenvalue weighted by Gasteiger charge is 2.27. The summed E-state index contributed by atoms with van der Waals surface area (Å²) in [4.78, 5) is 18.2. The molecule has 2 aliphatic heterocycles. The molecule has 176 valence electrons. The molecule has 4 heterocycles. The summed E-state index contributed by atoms with van der Waals surface area (Å²) in [6, 6.07) is 11.0. The molecular formula is C23H30N6O2S2. The molecule has 0 aliphatic carbocycles. The van der Waals surface area contributed by atoms with Crippen molar-refractivity contribution in [3.8, 4) is 10.4 Å². The lowest BCUT2D eigenvalue weighted by atomic mass is 10.1. The largest absolute Gasteiger partial charge is 0.369 e. The molecule has 0 N–H and O–H groups in total. The van der Waals surface area contributed by atoms with E-state index in [1.165, 1.54) is 16.1 Å². The Morgan fingerprint density at radius 3 is 2.24 bits per heavy atom. The first-order chi connectivity index (χ1) is 15.9. The van der Waals surface area contributed by atoms with Gasteiger partial charge >= 0.3 is 0 Å². The molecule has 0 amide bonds. The summed E-state index contributed by atoms with van der Waals surface area (Å²) in [6.07, 6.45) is 1.61. The predicted octanol–water partition coefficient (Wildman–Crippen LogP) is 2.58. The average molecular weight is 487 g/mol. The molecule has 3 aromatic rings. The van der Waals surface area contributed by atoms with Crippen molar-refractivity contribution < 1.29 is 8.42 Å². The maximum absolute atomic E-state index is 12.2. The summed E-state index contributed by atoms with van der Waals surface area (Å²) < 4.78 is 26.0. The summed E-state index contributed by atoms with van der Waals surface area (Å²) in [5.74, 6) is 1.04. The number of fused-ring (bicyclic) bond motifs is 1. The van der Waals surface area contributed by atoms with Gasteiger partial charge < -0.3 is 14.7 Å². The minimum absolute atomic E-state index is 0.145. The molecule has 0 bridgehead atoms. The number of anilines is 2. The molecule has 10 heteroatoms. The van der Waals surface area contributed by atoms with E-state index >= 15 is 0 Å². The van der Waals surface area contributed by atoms with Gasteiger partial charge in [0.2, 0.25) is 10.0 Å². The fourth-order valence-corrected chi connectivity index (χ4v) is 6.58. The molecule has 0 spiro atoms. The zero-order valence-electron chi connectivity index (χ0n) is 19.1. The molecule has 0 atom stereocenters. The van der Waals surface area contributed by atoms with E-state index in [0.29, 0.717) is 26.2 Å². The van der Waals surface area contributed by atoms with Crippen molar-refractivity contribution in [1.82, 2.24) is 19.2 Å². The highest BCUT2D eigenvalue weighted by molar-refractivity contribution is 7.89. The SMILES string of the molecule is CCS(=O)(=O)N1CCN(c2ncnc3sc(-c4ccc(N5CCN(C)CC5)cc4)cc23)CC1. The van der Waals surface area contributed by atoms with Gasteiger partial charge in [-0.15, -0.1) is 11.3 Å². The zero-order chi connectivity index (χ0) is 23.0. The molecule has 5 rings (SSSR count). The highest BCUT2D eigenvalue weighted by Crippen LogP contribution is 2.37. The van der Waals surface area contributed by atoms with E-state index in [2.05, 4.69) is 62.0 Å². The summed E-state index contributed by atoms with van der Waals surface area (Å²) in [6.45, 7) is 8.26. The van der Waals surface area contributed by atoms with E-state index in [4.69, 9.17) is 0 Å². The third-order valence-electron chi connectivity index (χ3n) is 6.62. The number of hydrogen-bond acceptors (Lipinski definition) is 8. The monoisotopic (exact) mass is 486 g/mol. The van der Waals surface area contributed by atoms with Crippen molar-refractivity contribution in [2.24, 2.45) is 0 Å². The van der Waals surface area contributed by atoms with Crippen LogP contribution < -0.4 is 9.80 Å². The second-order valence-corrected chi connectivity index (χ2v) is 11.9. The average Bonchev–Trinajstić information content (AvgIpc) is 3.29. The minimum Gasteiger partial charge on any atom is -0.369 e. The predicted molar refractivity (Wildman–Crippen MR) is 136 cm³/mol. The van der Waals surface area contributed by atoms with Crippen molar-refractivity contribution in [3.63, 3.8) is 0 Å². The van der Waals surface area contributed by atoms with Gasteiger partial charge in [0, 0.05) is 62.9 Å². The maximum atomic E-state index is 12.2. The number of thiophene rings is 1. The number of nitrogens with zero attached hydrogens (tertiary/aromatic N) is 6. The molecule has 8 nitrogen and oxygen atoms in total. The lowest BCUT2D eigenvalue weighted by Crippen LogP contribution is -2.49. The summed E-state index contributed by atoms with van der Waals surface area (Å²) in [5.41, 5.74) is 2.45. The number of piperazine rings is 2. The molecule has 2 fully saturated rings. The molecule has 33 heavy (non-hydrogen) atoms. The highest BCUT2D eigenvalue weighted by atomic mass is 32.2. The van der Waals surface area contributed by atoms with Gasteiger partial charge in [-0.3, -0.25) is 0 Å². The zero-order valence-corrected chi connectivity index (χ0v) is 20.8. The van der Waals surface area contributed by atoms with Gasteiger partial charge in [0.25, 0.3) is 0 Å². The lowest BCUT2D eigenvalue weighted by molar-refractivity contribution is 0.313. The van der Waals surface area contributed by atoms with E-state index in [0.717, 1.165) is 42.2 Å². The van der Waals surface area contributed by atoms with Crippen LogP contribution in [0.3, 0.4) is 0 Å². The van der Waals surface area contributed by atoms with Crippen molar-refractivity contribution in [2.45, 2.75) is 6.92 Å². The first-order valence-corrected chi connectivity index (χ1v) is 13.9. The molecule has 1 aromatic carbocycles. The third-order valence-corrected chi connectivity index (χ3v) is 9.60. The Balaban J connectivity index is 1.35. The van der Waals surface area contributed by atoms with Crippen LogP contribution in [0.5, 0.6) is 0 Å². The van der Waals surface area contributed by atoms with Gasteiger partial charge in [0.1, 0.15) is 17.0 Å². The molecule has 2 saturated heterocycles. The summed E-state index contributed by atoms with van der Waals surface area (Å²) in [5, 5.41) is 1.03. The number of hydrogen-bond donors (Lipinski definition) is 0. The standard InChI is InChI=1S/C23H30N6O2S2/c1-3-33(30,31)29-14-12-28(13-15-29)22-20-16-21(32-23(20)25-17-24-22)18-4-6-19(7-5-18)27-10-8-26(2)9-11-27/h4-7,16-17H,3,8-15H2,1-2H3. The number of aromatic nitrogens is 2. The third kappa shape index (κ3) is 4.57. The van der Waals surface area contributed by atoms with Gasteiger partial charge in [-0.2, -0.15) is 4.31 Å². The Hall–Kier alpha value is -2.27. The van der Waals surface area contributed by atoms with Crippen molar-refractivity contribution >= 4 is 43.1 Å². The van der Waals surface area contributed by atoms with Gasteiger partial charge in [-0.25, -0.2) is 18.4 Å². The van der Waals surface area contributed by atoms with Gasteiger partial charge in [0.15, 0.2) is 0 Å². The van der Waals surface area contributed by atoms with Gasteiger partial charge in [-0.1, -0.05) is 12.1 Å². The second-order valence-electron chi connectivity index (χ2n) is 8.65. The smallest absolute Gasteiger partial charge is 0.213 e. The van der Waals surface area contributed by atoms with Crippen LogP contribution in [0.2, 0.25) is 0 Å². The molecule has 2 aliphatic rings. The van der Waals surface area contributed by atoms with Crippen LogP contribution in [0.1, 0.15) is 6.92 Å². The Kier molecular flexibility index (Phi) is 6.26. The fraction of sp³-hybridized carbons (Fsp3) is 0.478. The summed E-state index contributed by atoms with van der Waals surface area (Å²) >= 11 is 1.67. The quantitative estimate of drug-likeness (QED) is 0.549. The van der Waals surface area contributed by atoms with Crippen LogP contribution in [-0.4, -0.2) is 92.7 Å². The van der Waals surface area contributed by atoms with Crippen LogP contribution in [0.4, 0.5) is 11.5 Å². The van der Waals surface area contributed by atoms with Crippen LogP contribution in [0.25, 0.3) is 20.7 Å². The maximum Gasteiger partial charge on any atom is 0.213 e. The molecular weight excluding hydrogens is 456 g/mol. The normalized spacial score (nSPS) is 18.8. The van der Waals surface area contributed by atoms with Crippen LogP contribution in [-0.2, 0) is 10.0 Å². The van der Waals surface area contributed by atoms with E-state index < -0.39 is 10.0 Å². The minimum atomic E-state index is -3.15. The summed E-state index contributed by atoms with van der Waals surface area (Å²) in [7, 11) is -0.973. The van der Waals surface area contributed by atoms with E-state index in [9.17, 15) is 8.42 Å². The topological polar surface area (TPSA) is 72.9 Å². The van der Waals surface area contributed by atoms with Gasteiger partial charge in [0.05, 0.1) is 11.1 Å². The number of benzene rings is 1. The second kappa shape index (κ2) is 9.17. The first kappa shape index (κ1) is 22.5. The van der Waals surface area contributed by atoms with Crippen LogP contribution in [0.15, 0.2) is 36.7 Å². The van der Waals surface area contributed by atoms with E-state index in [1.54, 1.807) is 28.9 Å². The Morgan fingerprint density at radius 1 is 0.909 bits per heavy atom. The Morgan fingerprint density at radius 2 is 1.58 bits per heavy atom. The van der Waals surface area contributed by atoms with Crippen molar-refractivity contribution in [2.75, 3.05) is 75.0 Å². The lowest BCUT2D eigenvalue weighted by Gasteiger charge is -2.34. The van der Waals surface area contributed by atoms with Gasteiger partial charge in [-0.05, 0) is 37.7 Å². The number of likely N-dealkylation sites (N-methyl/N-ethyl adjacent to an activating group) is 1. The van der Waals surface area contributed by atoms with Crippen molar-refractivity contribution in [1.29, 1.82) is 0 Å².